The van der Waals surface area contributed by atoms with E-state index in [2.05, 4.69) is 10.3 Å². The summed E-state index contributed by atoms with van der Waals surface area (Å²) in [4.78, 5) is 16.5. The Balaban J connectivity index is 1.89. The van der Waals surface area contributed by atoms with Crippen LogP contribution in [0.4, 0.5) is 11.4 Å². The number of hydrogen-bond donors (Lipinski definition) is 2. The van der Waals surface area contributed by atoms with E-state index in [1.807, 2.05) is 43.3 Å². The van der Waals surface area contributed by atoms with Crippen molar-refractivity contribution in [3.8, 4) is 0 Å². The number of nitrogens with one attached hydrogen (secondary N) is 1. The van der Waals surface area contributed by atoms with Crippen LogP contribution < -0.4 is 11.1 Å². The van der Waals surface area contributed by atoms with Gasteiger partial charge in [-0.15, -0.1) is 0 Å². The first-order valence-corrected chi connectivity index (χ1v) is 6.66. The summed E-state index contributed by atoms with van der Waals surface area (Å²) in [6.07, 6.45) is 1.74. The number of carbonyl (C=O) groups excluding carboxylic acids is 1. The summed E-state index contributed by atoms with van der Waals surface area (Å²) in [6, 6.07) is 14.8. The van der Waals surface area contributed by atoms with Gasteiger partial charge in [-0.2, -0.15) is 0 Å². The van der Waals surface area contributed by atoms with Crippen LogP contribution in [0.3, 0.4) is 0 Å². The standard InChI is InChI=1S/C17H15N3O/c1-11-4-6-14(15(18)9-11)17(21)20-13-5-7-16-12(10-13)3-2-8-19-16/h2-10H,18H2,1H3,(H,20,21). The van der Waals surface area contributed by atoms with E-state index in [0.717, 1.165) is 22.2 Å². The fourth-order valence-electron chi connectivity index (χ4n) is 2.24. The molecule has 1 aromatic heterocycles. The third kappa shape index (κ3) is 2.69. The van der Waals surface area contributed by atoms with Gasteiger partial charge in [0.15, 0.2) is 0 Å². The Morgan fingerprint density at radius 3 is 2.81 bits per heavy atom. The summed E-state index contributed by atoms with van der Waals surface area (Å²) in [5.41, 5.74) is 9.50. The second-order valence-electron chi connectivity index (χ2n) is 4.96. The van der Waals surface area contributed by atoms with E-state index in [1.54, 1.807) is 18.3 Å². The molecule has 0 aliphatic heterocycles. The molecule has 0 aliphatic rings. The highest BCUT2D eigenvalue weighted by Crippen LogP contribution is 2.19. The number of nitrogens with zero attached hydrogens (tertiary/aromatic N) is 1. The number of fused-ring (bicyclic) bond motifs is 1. The molecule has 0 saturated carbocycles. The minimum atomic E-state index is -0.212. The second kappa shape index (κ2) is 5.25. The number of hydrogen-bond acceptors (Lipinski definition) is 3. The molecule has 1 amide bonds. The normalized spacial score (nSPS) is 10.5. The molecule has 21 heavy (non-hydrogen) atoms. The number of nitrogens with two attached hydrogens (primary N) is 1. The quantitative estimate of drug-likeness (QED) is 0.706. The molecule has 4 nitrogen and oxygen atoms in total. The predicted molar refractivity (Wildman–Crippen MR) is 85.3 cm³/mol. The molecule has 104 valence electrons. The van der Waals surface area contributed by atoms with Crippen molar-refractivity contribution in [1.82, 2.24) is 4.98 Å². The van der Waals surface area contributed by atoms with E-state index in [1.165, 1.54) is 0 Å². The second-order valence-corrected chi connectivity index (χ2v) is 4.96. The summed E-state index contributed by atoms with van der Waals surface area (Å²) >= 11 is 0. The van der Waals surface area contributed by atoms with Crippen molar-refractivity contribution in [2.45, 2.75) is 6.92 Å². The van der Waals surface area contributed by atoms with Crippen molar-refractivity contribution in [2.75, 3.05) is 11.1 Å². The van der Waals surface area contributed by atoms with E-state index in [9.17, 15) is 4.79 Å². The number of nitrogen functional groups attached to an aromatic ring is 1. The van der Waals surface area contributed by atoms with Gasteiger partial charge >= 0.3 is 0 Å². The predicted octanol–water partition coefficient (Wildman–Crippen LogP) is 3.38. The number of rotatable bonds is 2. The van der Waals surface area contributed by atoms with Gasteiger partial charge in [-0.25, -0.2) is 0 Å². The van der Waals surface area contributed by atoms with E-state index < -0.39 is 0 Å². The van der Waals surface area contributed by atoms with E-state index in [4.69, 9.17) is 5.73 Å². The Bertz CT molecular complexity index is 827. The molecule has 0 bridgehead atoms. The number of carbonyl (C=O) groups is 1. The Hall–Kier alpha value is -2.88. The van der Waals surface area contributed by atoms with Crippen LogP contribution in [0.1, 0.15) is 15.9 Å². The van der Waals surface area contributed by atoms with Gasteiger partial charge in [0.2, 0.25) is 0 Å². The highest BCUT2D eigenvalue weighted by Gasteiger charge is 2.10. The molecule has 0 spiro atoms. The maximum absolute atomic E-state index is 12.3. The lowest BCUT2D eigenvalue weighted by Gasteiger charge is -2.09. The van der Waals surface area contributed by atoms with Gasteiger partial charge in [-0.1, -0.05) is 12.1 Å². The van der Waals surface area contributed by atoms with Crippen LogP contribution in [-0.4, -0.2) is 10.9 Å². The van der Waals surface area contributed by atoms with Gasteiger partial charge in [-0.05, 0) is 48.9 Å². The average Bonchev–Trinajstić information content (AvgIpc) is 2.47. The molecule has 0 saturated heterocycles. The molecule has 0 aliphatic carbocycles. The first-order valence-electron chi connectivity index (χ1n) is 6.66. The van der Waals surface area contributed by atoms with Gasteiger partial charge in [0, 0.05) is 23.0 Å². The molecular weight excluding hydrogens is 262 g/mol. The third-order valence-corrected chi connectivity index (χ3v) is 3.31. The largest absolute Gasteiger partial charge is 0.398 e. The van der Waals surface area contributed by atoms with E-state index in [0.29, 0.717) is 11.3 Å². The summed E-state index contributed by atoms with van der Waals surface area (Å²) in [7, 11) is 0. The van der Waals surface area contributed by atoms with Crippen molar-refractivity contribution in [3.05, 3.63) is 65.9 Å². The van der Waals surface area contributed by atoms with Crippen LogP contribution in [0.25, 0.3) is 10.9 Å². The maximum Gasteiger partial charge on any atom is 0.257 e. The summed E-state index contributed by atoms with van der Waals surface area (Å²) in [5, 5.41) is 3.84. The Morgan fingerprint density at radius 2 is 2.00 bits per heavy atom. The highest BCUT2D eigenvalue weighted by molar-refractivity contribution is 6.08. The molecule has 3 aromatic rings. The zero-order chi connectivity index (χ0) is 14.8. The molecule has 3 rings (SSSR count). The molecular formula is C17H15N3O. The maximum atomic E-state index is 12.3. The van der Waals surface area contributed by atoms with Crippen molar-refractivity contribution in [1.29, 1.82) is 0 Å². The average molecular weight is 277 g/mol. The SMILES string of the molecule is Cc1ccc(C(=O)Nc2ccc3ncccc3c2)c(N)c1. The fraction of sp³-hybridized carbons (Fsp3) is 0.0588. The van der Waals surface area contributed by atoms with Crippen LogP contribution in [0, 0.1) is 6.92 Å². The summed E-state index contributed by atoms with van der Waals surface area (Å²) in [6.45, 7) is 1.94. The lowest BCUT2D eigenvalue weighted by molar-refractivity contribution is 0.102. The Labute approximate surface area is 122 Å². The van der Waals surface area contributed by atoms with Crippen molar-refractivity contribution in [3.63, 3.8) is 0 Å². The molecule has 2 aromatic carbocycles. The van der Waals surface area contributed by atoms with E-state index in [-0.39, 0.29) is 5.91 Å². The molecule has 0 atom stereocenters. The summed E-state index contributed by atoms with van der Waals surface area (Å²) < 4.78 is 0. The zero-order valence-corrected chi connectivity index (χ0v) is 11.6. The van der Waals surface area contributed by atoms with Gasteiger partial charge in [0.05, 0.1) is 11.1 Å². The van der Waals surface area contributed by atoms with Gasteiger partial charge < -0.3 is 11.1 Å². The number of aryl methyl sites for hydroxylation is 1. The summed E-state index contributed by atoms with van der Waals surface area (Å²) in [5.74, 6) is -0.212. The Kier molecular flexibility index (Phi) is 3.28. The van der Waals surface area contributed by atoms with Crippen molar-refractivity contribution < 1.29 is 4.79 Å². The lowest BCUT2D eigenvalue weighted by Crippen LogP contribution is -2.14. The number of benzene rings is 2. The minimum Gasteiger partial charge on any atom is -0.398 e. The van der Waals surface area contributed by atoms with Crippen molar-refractivity contribution >= 4 is 28.2 Å². The first kappa shape index (κ1) is 13.1. The monoisotopic (exact) mass is 277 g/mol. The van der Waals surface area contributed by atoms with Crippen LogP contribution in [0.5, 0.6) is 0 Å². The molecule has 1 heterocycles. The van der Waals surface area contributed by atoms with Crippen LogP contribution in [0.15, 0.2) is 54.7 Å². The molecule has 3 N–H and O–H groups in total. The highest BCUT2D eigenvalue weighted by atomic mass is 16.1. The first-order chi connectivity index (χ1) is 10.1. The minimum absolute atomic E-state index is 0.212. The number of anilines is 2. The topological polar surface area (TPSA) is 68.0 Å². The van der Waals surface area contributed by atoms with Crippen LogP contribution >= 0.6 is 0 Å². The third-order valence-electron chi connectivity index (χ3n) is 3.31. The molecule has 4 heteroatoms. The molecule has 0 radical (unpaired) electrons. The van der Waals surface area contributed by atoms with E-state index >= 15 is 0 Å². The Morgan fingerprint density at radius 1 is 1.14 bits per heavy atom. The number of aromatic nitrogens is 1. The smallest absolute Gasteiger partial charge is 0.257 e. The van der Waals surface area contributed by atoms with Crippen LogP contribution in [-0.2, 0) is 0 Å². The molecule has 0 fully saturated rings. The fourth-order valence-corrected chi connectivity index (χ4v) is 2.24. The lowest BCUT2D eigenvalue weighted by atomic mass is 10.1. The molecule has 0 unspecified atom stereocenters. The zero-order valence-electron chi connectivity index (χ0n) is 11.6. The van der Waals surface area contributed by atoms with Gasteiger partial charge in [0.1, 0.15) is 0 Å². The van der Waals surface area contributed by atoms with Crippen LogP contribution in [0.2, 0.25) is 0 Å². The van der Waals surface area contributed by atoms with Gasteiger partial charge in [-0.3, -0.25) is 9.78 Å². The number of amides is 1. The number of pyridine rings is 1. The van der Waals surface area contributed by atoms with Gasteiger partial charge in [0.25, 0.3) is 5.91 Å². The van der Waals surface area contributed by atoms with Crippen molar-refractivity contribution in [2.24, 2.45) is 0 Å².